The fourth-order valence-corrected chi connectivity index (χ4v) is 3.00. The largest absolute Gasteiger partial charge is 0.325 e. The van der Waals surface area contributed by atoms with Crippen molar-refractivity contribution in [2.45, 2.75) is 11.9 Å². The van der Waals surface area contributed by atoms with Gasteiger partial charge in [0.15, 0.2) is 5.82 Å². The number of hydrogen-bond donors (Lipinski definition) is 2. The van der Waals surface area contributed by atoms with Crippen molar-refractivity contribution in [2.24, 2.45) is 0 Å². The van der Waals surface area contributed by atoms with Gasteiger partial charge in [0.05, 0.1) is 10.7 Å². The monoisotopic (exact) mass is 423 g/mol. The molecule has 0 saturated heterocycles. The van der Waals surface area contributed by atoms with E-state index < -0.39 is 4.92 Å². The molecule has 2 N–H and O–H groups in total. The van der Waals surface area contributed by atoms with Crippen LogP contribution in [-0.4, -0.2) is 32.7 Å². The number of thioether (sulfide) groups is 1. The van der Waals surface area contributed by atoms with Crippen molar-refractivity contribution in [2.75, 3.05) is 16.4 Å². The first-order valence-corrected chi connectivity index (χ1v) is 9.78. The molecule has 0 aliphatic rings. The van der Waals surface area contributed by atoms with Crippen LogP contribution in [0, 0.1) is 17.0 Å². The predicted molar refractivity (Wildman–Crippen MR) is 114 cm³/mol. The van der Waals surface area contributed by atoms with Gasteiger partial charge in [0.1, 0.15) is 5.03 Å². The van der Waals surface area contributed by atoms with Gasteiger partial charge in [-0.15, -0.1) is 10.2 Å². The number of hydrogen-bond acceptors (Lipinski definition) is 7. The lowest BCUT2D eigenvalue weighted by molar-refractivity contribution is -0.384. The van der Waals surface area contributed by atoms with Crippen molar-refractivity contribution < 1.29 is 14.5 Å². The van der Waals surface area contributed by atoms with Crippen molar-refractivity contribution in [1.29, 1.82) is 0 Å². The maximum absolute atomic E-state index is 12.2. The smallest absolute Gasteiger partial charge is 0.271 e. The number of nitro benzene ring substituents is 1. The summed E-state index contributed by atoms with van der Waals surface area (Å²) in [5.41, 5.74) is 1.81. The topological polar surface area (TPSA) is 127 Å². The summed E-state index contributed by atoms with van der Waals surface area (Å²) >= 11 is 1.15. The third kappa shape index (κ3) is 5.85. The lowest BCUT2D eigenvalue weighted by Gasteiger charge is -2.06. The lowest BCUT2D eigenvalue weighted by atomic mass is 10.1. The Hall–Kier alpha value is -3.79. The number of nitrogens with zero attached hydrogens (tertiary/aromatic N) is 3. The molecule has 3 aromatic rings. The van der Waals surface area contributed by atoms with Crippen LogP contribution < -0.4 is 10.6 Å². The van der Waals surface area contributed by atoms with Crippen LogP contribution in [0.3, 0.4) is 0 Å². The first-order valence-electron chi connectivity index (χ1n) is 8.79. The Balaban J connectivity index is 1.51. The van der Waals surface area contributed by atoms with Gasteiger partial charge in [-0.1, -0.05) is 35.5 Å². The molecule has 0 fully saturated rings. The van der Waals surface area contributed by atoms with E-state index in [1.165, 1.54) is 18.2 Å². The van der Waals surface area contributed by atoms with E-state index in [0.717, 1.165) is 17.3 Å². The standard InChI is InChI=1S/C20H17N5O4S/c1-13-5-7-14(8-6-13)20(27)22-17-9-10-19(24-23-17)30-12-18(26)21-15-3-2-4-16(11-15)25(28)29/h2-11H,12H2,1H3,(H,21,26)(H,22,23,27). The van der Waals surface area contributed by atoms with Crippen LogP contribution in [-0.2, 0) is 4.79 Å². The van der Waals surface area contributed by atoms with E-state index in [0.29, 0.717) is 22.1 Å². The van der Waals surface area contributed by atoms with Crippen LogP contribution in [0.4, 0.5) is 17.2 Å². The average molecular weight is 423 g/mol. The third-order valence-corrected chi connectivity index (χ3v) is 4.81. The van der Waals surface area contributed by atoms with Gasteiger partial charge in [-0.3, -0.25) is 19.7 Å². The number of benzene rings is 2. The summed E-state index contributed by atoms with van der Waals surface area (Å²) in [6, 6.07) is 16.1. The fraction of sp³-hybridized carbons (Fsp3) is 0.100. The maximum Gasteiger partial charge on any atom is 0.271 e. The summed E-state index contributed by atoms with van der Waals surface area (Å²) in [6.45, 7) is 1.94. The lowest BCUT2D eigenvalue weighted by Crippen LogP contribution is -2.15. The fourth-order valence-electron chi connectivity index (χ4n) is 2.39. The van der Waals surface area contributed by atoms with E-state index in [4.69, 9.17) is 0 Å². The molecule has 0 spiro atoms. The van der Waals surface area contributed by atoms with Gasteiger partial charge in [0.25, 0.3) is 11.6 Å². The van der Waals surface area contributed by atoms with Crippen LogP contribution in [0.2, 0.25) is 0 Å². The molecule has 0 aliphatic carbocycles. The van der Waals surface area contributed by atoms with Gasteiger partial charge >= 0.3 is 0 Å². The van der Waals surface area contributed by atoms with E-state index in [9.17, 15) is 19.7 Å². The molecule has 10 heteroatoms. The van der Waals surface area contributed by atoms with Crippen LogP contribution in [0.5, 0.6) is 0 Å². The number of nitrogens with one attached hydrogen (secondary N) is 2. The van der Waals surface area contributed by atoms with Gasteiger partial charge in [-0.25, -0.2) is 0 Å². The number of carbonyl (C=O) groups excluding carboxylic acids is 2. The molecule has 0 bridgehead atoms. The number of rotatable bonds is 7. The minimum Gasteiger partial charge on any atom is -0.325 e. The Kier molecular flexibility index (Phi) is 6.71. The van der Waals surface area contributed by atoms with Gasteiger partial charge in [0.2, 0.25) is 5.91 Å². The number of carbonyl (C=O) groups is 2. The zero-order chi connectivity index (χ0) is 21.5. The zero-order valence-corrected chi connectivity index (χ0v) is 16.7. The second-order valence-corrected chi connectivity index (χ2v) is 7.22. The van der Waals surface area contributed by atoms with Gasteiger partial charge in [-0.05, 0) is 37.3 Å². The SMILES string of the molecule is Cc1ccc(C(=O)Nc2ccc(SCC(=O)Nc3cccc([N+](=O)[O-])c3)nn2)cc1. The molecule has 0 aliphatic heterocycles. The highest BCUT2D eigenvalue weighted by molar-refractivity contribution is 7.99. The van der Waals surface area contributed by atoms with Crippen LogP contribution >= 0.6 is 11.8 Å². The predicted octanol–water partition coefficient (Wildman–Crippen LogP) is 3.68. The molecule has 0 unspecified atom stereocenters. The summed E-state index contributed by atoms with van der Waals surface area (Å²) in [5, 5.41) is 24.5. The van der Waals surface area contributed by atoms with E-state index in [-0.39, 0.29) is 23.3 Å². The number of non-ortho nitro benzene ring substituents is 1. The molecule has 0 radical (unpaired) electrons. The first-order chi connectivity index (χ1) is 14.4. The molecule has 3 rings (SSSR count). The molecule has 1 aromatic heterocycles. The Labute approximate surface area is 176 Å². The van der Waals surface area contributed by atoms with Gasteiger partial charge < -0.3 is 10.6 Å². The van der Waals surface area contributed by atoms with E-state index in [1.54, 1.807) is 30.3 Å². The Bertz CT molecular complexity index is 1070. The molecule has 0 saturated carbocycles. The molecule has 2 aromatic carbocycles. The molecule has 1 heterocycles. The minimum absolute atomic E-state index is 0.0481. The van der Waals surface area contributed by atoms with Crippen molar-refractivity contribution >= 4 is 40.8 Å². The number of anilines is 2. The second kappa shape index (κ2) is 9.61. The highest BCUT2D eigenvalue weighted by Gasteiger charge is 2.10. The van der Waals surface area contributed by atoms with Crippen LogP contribution in [0.25, 0.3) is 0 Å². The highest BCUT2D eigenvalue weighted by atomic mass is 32.2. The molecule has 2 amide bonds. The summed E-state index contributed by atoms with van der Waals surface area (Å²) in [5.74, 6) is -0.280. The summed E-state index contributed by atoms with van der Waals surface area (Å²) in [7, 11) is 0. The normalized spacial score (nSPS) is 10.3. The summed E-state index contributed by atoms with van der Waals surface area (Å²) in [4.78, 5) is 34.5. The van der Waals surface area contributed by atoms with Crippen LogP contribution in [0.15, 0.2) is 65.7 Å². The Morgan fingerprint density at radius 1 is 1.03 bits per heavy atom. The first kappa shape index (κ1) is 20.9. The summed E-state index contributed by atoms with van der Waals surface area (Å²) < 4.78 is 0. The van der Waals surface area contributed by atoms with Crippen molar-refractivity contribution in [1.82, 2.24) is 10.2 Å². The number of nitro groups is 1. The Morgan fingerprint density at radius 3 is 2.47 bits per heavy atom. The van der Waals surface area contributed by atoms with E-state index >= 15 is 0 Å². The van der Waals surface area contributed by atoms with E-state index in [2.05, 4.69) is 20.8 Å². The number of aryl methyl sites for hydroxylation is 1. The number of amides is 2. The summed E-state index contributed by atoms with van der Waals surface area (Å²) in [6.07, 6.45) is 0. The highest BCUT2D eigenvalue weighted by Crippen LogP contribution is 2.19. The van der Waals surface area contributed by atoms with E-state index in [1.807, 2.05) is 19.1 Å². The van der Waals surface area contributed by atoms with Crippen molar-refractivity contribution in [3.63, 3.8) is 0 Å². The molecule has 30 heavy (non-hydrogen) atoms. The zero-order valence-electron chi connectivity index (χ0n) is 15.9. The maximum atomic E-state index is 12.2. The molecule has 0 atom stereocenters. The molecular weight excluding hydrogens is 406 g/mol. The second-order valence-electron chi connectivity index (χ2n) is 6.22. The van der Waals surface area contributed by atoms with Crippen molar-refractivity contribution in [3.05, 3.63) is 81.9 Å². The number of aromatic nitrogens is 2. The molecule has 9 nitrogen and oxygen atoms in total. The quantitative estimate of drug-likeness (QED) is 0.337. The van der Waals surface area contributed by atoms with Gasteiger partial charge in [-0.2, -0.15) is 0 Å². The third-order valence-electron chi connectivity index (χ3n) is 3.89. The van der Waals surface area contributed by atoms with Gasteiger partial charge in [0, 0.05) is 23.4 Å². The minimum atomic E-state index is -0.529. The van der Waals surface area contributed by atoms with Crippen molar-refractivity contribution in [3.8, 4) is 0 Å². The van der Waals surface area contributed by atoms with Crippen LogP contribution in [0.1, 0.15) is 15.9 Å². The Morgan fingerprint density at radius 2 is 1.80 bits per heavy atom. The average Bonchev–Trinajstić information content (AvgIpc) is 2.74. The molecular formula is C20H17N5O4S. The molecule has 152 valence electrons.